The summed E-state index contributed by atoms with van der Waals surface area (Å²) in [6.07, 6.45) is 2.53. The molecule has 1 fully saturated rings. The normalized spacial score (nSPS) is 18.7. The van der Waals surface area contributed by atoms with Crippen molar-refractivity contribution in [3.63, 3.8) is 0 Å². The minimum atomic E-state index is -0.351. The first-order valence-electron chi connectivity index (χ1n) is 4.71. The topological polar surface area (TPSA) is 26.3 Å². The molecule has 0 aromatic carbocycles. The molecule has 0 aliphatic carbocycles. The first kappa shape index (κ1) is 10.8. The van der Waals surface area contributed by atoms with Crippen LogP contribution in [0.1, 0.15) is 33.6 Å². The van der Waals surface area contributed by atoms with E-state index in [1.54, 1.807) is 5.37 Å². The van der Waals surface area contributed by atoms with Gasteiger partial charge in [0.25, 0.3) is 0 Å². The Bertz CT molecular complexity index is 218. The van der Waals surface area contributed by atoms with Gasteiger partial charge in [-0.1, -0.05) is 0 Å². The van der Waals surface area contributed by atoms with E-state index < -0.39 is 0 Å². The molecule has 13 heavy (non-hydrogen) atoms. The Morgan fingerprint density at radius 3 is 2.31 bits per heavy atom. The third kappa shape index (κ3) is 4.46. The molecule has 1 aliphatic heterocycles. The van der Waals surface area contributed by atoms with E-state index in [-0.39, 0.29) is 22.1 Å². The highest BCUT2D eigenvalue weighted by Crippen LogP contribution is 2.24. The second-order valence-electron chi connectivity index (χ2n) is 4.30. The van der Waals surface area contributed by atoms with Gasteiger partial charge in [0.1, 0.15) is 5.60 Å². The Kier molecular flexibility index (Phi) is 3.54. The lowest BCUT2D eigenvalue weighted by Crippen LogP contribution is -2.24. The molecule has 76 valence electrons. The molecule has 1 saturated heterocycles. The number of carbonyl (C=O) groups excluding carboxylic acids is 1. The zero-order valence-electron chi connectivity index (χ0n) is 8.63. The van der Waals surface area contributed by atoms with Gasteiger partial charge in [-0.2, -0.15) is 10.5 Å². The molecule has 0 radical (unpaired) electrons. The standard InChI is InChI=1S/C10H18O2S/c1-10(2,3)12-9(11)8-13-6-4-5-7-13/h8H,4-7H2,1-3H3. The van der Waals surface area contributed by atoms with Gasteiger partial charge in [-0.05, 0) is 45.1 Å². The van der Waals surface area contributed by atoms with Crippen LogP contribution in [-0.4, -0.2) is 28.4 Å². The van der Waals surface area contributed by atoms with Crippen LogP contribution in [0.5, 0.6) is 0 Å². The summed E-state index contributed by atoms with van der Waals surface area (Å²) in [5, 5.41) is 1.78. The van der Waals surface area contributed by atoms with Crippen LogP contribution in [0.2, 0.25) is 0 Å². The average molecular weight is 202 g/mol. The predicted molar refractivity (Wildman–Crippen MR) is 58.5 cm³/mol. The van der Waals surface area contributed by atoms with Crippen LogP contribution in [0.3, 0.4) is 0 Å². The summed E-state index contributed by atoms with van der Waals surface area (Å²) in [5.74, 6) is 2.22. The molecule has 1 rings (SSSR count). The molecule has 0 N–H and O–H groups in total. The van der Waals surface area contributed by atoms with Crippen LogP contribution < -0.4 is 0 Å². The molecule has 1 heterocycles. The van der Waals surface area contributed by atoms with Crippen molar-refractivity contribution < 1.29 is 9.53 Å². The van der Waals surface area contributed by atoms with Crippen molar-refractivity contribution in [2.24, 2.45) is 0 Å². The van der Waals surface area contributed by atoms with Crippen molar-refractivity contribution in [1.82, 2.24) is 0 Å². The van der Waals surface area contributed by atoms with Crippen LogP contribution in [0.4, 0.5) is 0 Å². The van der Waals surface area contributed by atoms with Crippen LogP contribution in [-0.2, 0) is 9.53 Å². The predicted octanol–water partition coefficient (Wildman–Crippen LogP) is 2.19. The molecule has 0 bridgehead atoms. The van der Waals surface area contributed by atoms with Crippen molar-refractivity contribution >= 4 is 21.8 Å². The highest BCUT2D eigenvalue weighted by molar-refractivity contribution is 8.16. The SMILES string of the molecule is CC(C)(C)OC(=O)C=S1CCCC1. The number of esters is 1. The fraction of sp³-hybridized carbons (Fsp3) is 0.800. The van der Waals surface area contributed by atoms with Gasteiger partial charge >= 0.3 is 5.97 Å². The monoisotopic (exact) mass is 202 g/mol. The van der Waals surface area contributed by atoms with Crippen molar-refractivity contribution in [1.29, 1.82) is 0 Å². The lowest BCUT2D eigenvalue weighted by molar-refractivity contribution is -0.145. The molecule has 0 atom stereocenters. The second-order valence-corrected chi connectivity index (χ2v) is 6.43. The molecule has 0 amide bonds. The maximum atomic E-state index is 11.3. The fourth-order valence-electron chi connectivity index (χ4n) is 1.26. The smallest absolute Gasteiger partial charge is 0.336 e. The molecular weight excluding hydrogens is 184 g/mol. The summed E-state index contributed by atoms with van der Waals surface area (Å²) in [5.41, 5.74) is -0.351. The van der Waals surface area contributed by atoms with Crippen LogP contribution in [0.25, 0.3) is 0 Å². The summed E-state index contributed by atoms with van der Waals surface area (Å²) < 4.78 is 5.21. The van der Waals surface area contributed by atoms with E-state index >= 15 is 0 Å². The van der Waals surface area contributed by atoms with Gasteiger partial charge in [0.05, 0.1) is 0 Å². The molecule has 0 spiro atoms. The summed E-state index contributed by atoms with van der Waals surface area (Å²) in [4.78, 5) is 11.3. The van der Waals surface area contributed by atoms with Crippen LogP contribution in [0.15, 0.2) is 0 Å². The number of hydrogen-bond donors (Lipinski definition) is 0. The van der Waals surface area contributed by atoms with E-state index in [1.165, 1.54) is 24.3 Å². The summed E-state index contributed by atoms with van der Waals surface area (Å²) in [7, 11) is 0.208. The first-order valence-corrected chi connectivity index (χ1v) is 6.34. The highest BCUT2D eigenvalue weighted by atomic mass is 32.2. The molecule has 0 aromatic heterocycles. The first-order chi connectivity index (χ1) is 5.97. The largest absolute Gasteiger partial charge is 0.456 e. The van der Waals surface area contributed by atoms with E-state index in [4.69, 9.17) is 4.74 Å². The molecule has 1 aliphatic rings. The quantitative estimate of drug-likeness (QED) is 0.481. The third-order valence-corrected chi connectivity index (χ3v) is 3.88. The lowest BCUT2D eigenvalue weighted by atomic mass is 10.2. The number of hydrogen-bond acceptors (Lipinski definition) is 2. The molecule has 0 unspecified atom stereocenters. The van der Waals surface area contributed by atoms with Gasteiger partial charge < -0.3 is 4.74 Å². The molecule has 2 nitrogen and oxygen atoms in total. The Labute approximate surface area is 82.6 Å². The van der Waals surface area contributed by atoms with Crippen LogP contribution in [0, 0.1) is 0 Å². The Hall–Kier alpha value is -0.310. The van der Waals surface area contributed by atoms with E-state index in [0.29, 0.717) is 0 Å². The van der Waals surface area contributed by atoms with Crippen LogP contribution >= 0.6 is 10.5 Å². The number of ether oxygens (including phenoxy) is 1. The average Bonchev–Trinajstić information content (AvgIpc) is 2.34. The van der Waals surface area contributed by atoms with Gasteiger partial charge in [0.15, 0.2) is 0 Å². The van der Waals surface area contributed by atoms with E-state index in [1.807, 2.05) is 20.8 Å². The van der Waals surface area contributed by atoms with Crippen molar-refractivity contribution in [2.45, 2.75) is 39.2 Å². The maximum absolute atomic E-state index is 11.3. The van der Waals surface area contributed by atoms with Gasteiger partial charge in [0, 0.05) is 5.37 Å². The van der Waals surface area contributed by atoms with Crippen molar-refractivity contribution in [3.8, 4) is 0 Å². The number of rotatable bonds is 1. The zero-order chi connectivity index (χ0) is 9.90. The van der Waals surface area contributed by atoms with E-state index in [9.17, 15) is 4.79 Å². The van der Waals surface area contributed by atoms with Gasteiger partial charge in [0.2, 0.25) is 0 Å². The summed E-state index contributed by atoms with van der Waals surface area (Å²) in [6, 6.07) is 0. The highest BCUT2D eigenvalue weighted by Gasteiger charge is 2.15. The molecule has 0 saturated carbocycles. The Balaban J connectivity index is 2.45. The summed E-state index contributed by atoms with van der Waals surface area (Å²) >= 11 is 0. The van der Waals surface area contributed by atoms with Crippen molar-refractivity contribution in [3.05, 3.63) is 0 Å². The molecule has 0 aromatic rings. The van der Waals surface area contributed by atoms with Gasteiger partial charge in [-0.25, -0.2) is 4.79 Å². The van der Waals surface area contributed by atoms with E-state index in [2.05, 4.69) is 0 Å². The van der Waals surface area contributed by atoms with Gasteiger partial charge in [-0.15, -0.1) is 0 Å². The second kappa shape index (κ2) is 4.27. The third-order valence-electron chi connectivity index (χ3n) is 1.73. The number of carbonyl (C=O) groups is 1. The lowest BCUT2D eigenvalue weighted by Gasteiger charge is -2.18. The summed E-state index contributed by atoms with van der Waals surface area (Å²) in [6.45, 7) is 5.70. The zero-order valence-corrected chi connectivity index (χ0v) is 9.45. The minimum absolute atomic E-state index is 0.141. The molecule has 3 heteroatoms. The fourth-order valence-corrected chi connectivity index (χ4v) is 3.17. The van der Waals surface area contributed by atoms with Gasteiger partial charge in [-0.3, -0.25) is 0 Å². The minimum Gasteiger partial charge on any atom is -0.456 e. The Morgan fingerprint density at radius 2 is 1.85 bits per heavy atom. The maximum Gasteiger partial charge on any atom is 0.336 e. The molecular formula is C10H18O2S. The van der Waals surface area contributed by atoms with Crippen molar-refractivity contribution in [2.75, 3.05) is 11.5 Å². The van der Waals surface area contributed by atoms with E-state index in [0.717, 1.165) is 0 Å². The Morgan fingerprint density at radius 1 is 1.31 bits per heavy atom.